The van der Waals surface area contributed by atoms with Gasteiger partial charge < -0.3 is 19.8 Å². The number of carbonyl (C=O) groups is 1. The van der Waals surface area contributed by atoms with Crippen molar-refractivity contribution in [3.05, 3.63) is 18.0 Å². The second kappa shape index (κ2) is 6.94. The number of hydrogen-bond donors (Lipinski definition) is 2. The molecule has 2 N–H and O–H groups in total. The van der Waals surface area contributed by atoms with Crippen LogP contribution in [0, 0.1) is 6.92 Å². The molecule has 0 aliphatic carbocycles. The summed E-state index contributed by atoms with van der Waals surface area (Å²) in [6.07, 6.45) is 1.69. The van der Waals surface area contributed by atoms with Gasteiger partial charge in [0.05, 0.1) is 0 Å². The van der Waals surface area contributed by atoms with Gasteiger partial charge in [0.1, 0.15) is 13.0 Å². The van der Waals surface area contributed by atoms with Crippen LogP contribution in [0.3, 0.4) is 0 Å². The van der Waals surface area contributed by atoms with E-state index in [1.54, 1.807) is 17.7 Å². The van der Waals surface area contributed by atoms with Crippen LogP contribution in [-0.4, -0.2) is 48.3 Å². The second-order valence-electron chi connectivity index (χ2n) is 4.60. The maximum atomic E-state index is 10.6. The predicted octanol–water partition coefficient (Wildman–Crippen LogP) is 0.403. The first kappa shape index (κ1) is 15.2. The number of carboxylic acids is 1. The van der Waals surface area contributed by atoms with E-state index >= 15 is 0 Å². The number of likely N-dealkylation sites (N-methyl/N-ethyl adjacent to an activating group) is 1. The highest BCUT2D eigenvalue weighted by molar-refractivity contribution is 5.66. The fraction of sp³-hybridized carbons (Fsp3) is 0.538. The van der Waals surface area contributed by atoms with E-state index in [2.05, 4.69) is 0 Å². The van der Waals surface area contributed by atoms with E-state index in [0.717, 1.165) is 12.2 Å². The number of nitrogens with zero attached hydrogens (tertiary/aromatic N) is 2. The van der Waals surface area contributed by atoms with Crippen LogP contribution in [0.5, 0.6) is 11.5 Å². The van der Waals surface area contributed by atoms with Crippen molar-refractivity contribution in [1.29, 1.82) is 0 Å². The maximum absolute atomic E-state index is 10.6. The maximum Gasteiger partial charge on any atom is 0.309 e. The number of aromatic hydroxyl groups is 1. The van der Waals surface area contributed by atoms with Crippen LogP contribution in [0.2, 0.25) is 0 Å². The number of pyridine rings is 1. The van der Waals surface area contributed by atoms with Crippen molar-refractivity contribution < 1.29 is 24.3 Å². The van der Waals surface area contributed by atoms with Crippen LogP contribution in [-0.2, 0) is 11.3 Å². The molecule has 0 bridgehead atoms. The minimum Gasteiger partial charge on any atom is -0.504 e. The fourth-order valence-corrected chi connectivity index (χ4v) is 1.63. The molecule has 1 heterocycles. The SMILES string of the molecule is Cc1c(OCCN(C)C)c(O)cc[n+]1CCC(=O)O. The molecule has 0 aromatic carbocycles. The van der Waals surface area contributed by atoms with E-state index in [0.29, 0.717) is 18.9 Å². The van der Waals surface area contributed by atoms with Gasteiger partial charge in [-0.1, -0.05) is 0 Å². The van der Waals surface area contributed by atoms with E-state index in [1.165, 1.54) is 6.07 Å². The van der Waals surface area contributed by atoms with Crippen LogP contribution in [0.25, 0.3) is 0 Å². The van der Waals surface area contributed by atoms with Gasteiger partial charge in [-0.2, -0.15) is 4.57 Å². The molecule has 1 aromatic rings. The van der Waals surface area contributed by atoms with Crippen LogP contribution in [0.15, 0.2) is 12.3 Å². The van der Waals surface area contributed by atoms with Crippen molar-refractivity contribution in [2.75, 3.05) is 27.2 Å². The Morgan fingerprint density at radius 1 is 1.47 bits per heavy atom. The van der Waals surface area contributed by atoms with Gasteiger partial charge in [-0.25, -0.2) is 0 Å². The standard InChI is InChI=1S/C13H20N2O4/c1-10-13(19-9-8-14(2)3)11(16)4-6-15(10)7-5-12(17)18/h4,6H,5,7-9H2,1-3H3,(H,17,18)/p+1. The van der Waals surface area contributed by atoms with Gasteiger partial charge in [0.25, 0.3) is 0 Å². The van der Waals surface area contributed by atoms with Crippen LogP contribution < -0.4 is 9.30 Å². The normalized spacial score (nSPS) is 10.7. The Balaban J connectivity index is 2.78. The molecule has 0 aliphatic heterocycles. The molecule has 0 aliphatic rings. The van der Waals surface area contributed by atoms with E-state index in [9.17, 15) is 9.90 Å². The first-order chi connectivity index (χ1) is 8.91. The molecule has 0 saturated carbocycles. The summed E-state index contributed by atoms with van der Waals surface area (Å²) in [5, 5.41) is 18.5. The number of aliphatic carboxylic acids is 1. The lowest BCUT2D eigenvalue weighted by Gasteiger charge is -2.12. The Kier molecular flexibility index (Phi) is 5.57. The average Bonchev–Trinajstić information content (AvgIpc) is 2.31. The van der Waals surface area contributed by atoms with Crippen LogP contribution in [0.4, 0.5) is 0 Å². The van der Waals surface area contributed by atoms with Crippen molar-refractivity contribution in [2.24, 2.45) is 0 Å². The van der Waals surface area contributed by atoms with Crippen LogP contribution >= 0.6 is 0 Å². The highest BCUT2D eigenvalue weighted by atomic mass is 16.5. The number of aryl methyl sites for hydroxylation is 1. The van der Waals surface area contributed by atoms with Crippen molar-refractivity contribution in [3.8, 4) is 11.5 Å². The largest absolute Gasteiger partial charge is 0.504 e. The number of rotatable bonds is 7. The van der Waals surface area contributed by atoms with E-state index < -0.39 is 5.97 Å². The highest BCUT2D eigenvalue weighted by Gasteiger charge is 2.18. The molecule has 1 aromatic heterocycles. The van der Waals surface area contributed by atoms with Crippen molar-refractivity contribution in [3.63, 3.8) is 0 Å². The molecule has 0 unspecified atom stereocenters. The predicted molar refractivity (Wildman–Crippen MR) is 69.3 cm³/mol. The molecule has 0 spiro atoms. The summed E-state index contributed by atoms with van der Waals surface area (Å²) in [6, 6.07) is 1.51. The van der Waals surface area contributed by atoms with Crippen LogP contribution in [0.1, 0.15) is 12.1 Å². The molecule has 106 valence electrons. The third-order valence-corrected chi connectivity index (χ3v) is 2.76. The topological polar surface area (TPSA) is 73.9 Å². The molecular weight excluding hydrogens is 248 g/mol. The summed E-state index contributed by atoms with van der Waals surface area (Å²) in [5.41, 5.74) is 0.722. The van der Waals surface area contributed by atoms with Gasteiger partial charge in [-0.15, -0.1) is 0 Å². The summed E-state index contributed by atoms with van der Waals surface area (Å²) in [7, 11) is 3.88. The lowest BCUT2D eigenvalue weighted by molar-refractivity contribution is -0.702. The van der Waals surface area contributed by atoms with Crippen molar-refractivity contribution in [2.45, 2.75) is 19.9 Å². The Morgan fingerprint density at radius 3 is 2.74 bits per heavy atom. The number of ether oxygens (including phenoxy) is 1. The Bertz CT molecular complexity index is 447. The van der Waals surface area contributed by atoms with Gasteiger partial charge in [-0.05, 0) is 14.1 Å². The highest BCUT2D eigenvalue weighted by Crippen LogP contribution is 2.26. The minimum atomic E-state index is -0.852. The van der Waals surface area contributed by atoms with Crippen molar-refractivity contribution in [1.82, 2.24) is 4.90 Å². The molecule has 19 heavy (non-hydrogen) atoms. The van der Waals surface area contributed by atoms with Gasteiger partial charge in [0.15, 0.2) is 18.5 Å². The first-order valence-electron chi connectivity index (χ1n) is 6.13. The molecule has 0 atom stereocenters. The lowest BCUT2D eigenvalue weighted by atomic mass is 10.3. The molecular formula is C13H21N2O4+. The smallest absolute Gasteiger partial charge is 0.309 e. The fourth-order valence-electron chi connectivity index (χ4n) is 1.63. The number of hydrogen-bond acceptors (Lipinski definition) is 4. The van der Waals surface area contributed by atoms with E-state index in [-0.39, 0.29) is 12.2 Å². The summed E-state index contributed by atoms with van der Waals surface area (Å²) in [6.45, 7) is 3.35. The van der Waals surface area contributed by atoms with Gasteiger partial charge in [-0.3, -0.25) is 4.79 Å². The summed E-state index contributed by atoms with van der Waals surface area (Å²) >= 11 is 0. The van der Waals surface area contributed by atoms with E-state index in [1.807, 2.05) is 19.0 Å². The molecule has 6 nitrogen and oxygen atoms in total. The molecule has 0 fully saturated rings. The minimum absolute atomic E-state index is 0.0351. The summed E-state index contributed by atoms with van der Waals surface area (Å²) in [4.78, 5) is 12.6. The quantitative estimate of drug-likeness (QED) is 0.701. The Labute approximate surface area is 112 Å². The summed E-state index contributed by atoms with van der Waals surface area (Å²) < 4.78 is 7.33. The zero-order chi connectivity index (χ0) is 14.4. The zero-order valence-electron chi connectivity index (χ0n) is 11.6. The summed E-state index contributed by atoms with van der Waals surface area (Å²) in [5.74, 6) is -0.368. The Morgan fingerprint density at radius 2 is 2.16 bits per heavy atom. The number of carboxylic acid groups (broad SMARTS) is 1. The third-order valence-electron chi connectivity index (χ3n) is 2.76. The molecule has 0 saturated heterocycles. The third kappa shape index (κ3) is 4.75. The zero-order valence-corrected chi connectivity index (χ0v) is 11.6. The molecule has 1 rings (SSSR count). The monoisotopic (exact) mass is 269 g/mol. The second-order valence-corrected chi connectivity index (χ2v) is 4.60. The van der Waals surface area contributed by atoms with Gasteiger partial charge in [0.2, 0.25) is 11.4 Å². The molecule has 6 heteroatoms. The van der Waals surface area contributed by atoms with E-state index in [4.69, 9.17) is 9.84 Å². The molecule has 0 radical (unpaired) electrons. The van der Waals surface area contributed by atoms with Crippen molar-refractivity contribution >= 4 is 5.97 Å². The first-order valence-corrected chi connectivity index (χ1v) is 6.13. The molecule has 0 amide bonds. The average molecular weight is 269 g/mol. The lowest BCUT2D eigenvalue weighted by Crippen LogP contribution is -2.38. The van der Waals surface area contributed by atoms with Gasteiger partial charge >= 0.3 is 5.97 Å². The van der Waals surface area contributed by atoms with Gasteiger partial charge in [0, 0.05) is 19.5 Å². The Hall–Kier alpha value is -1.82. The number of aromatic nitrogens is 1.